The molecular weight excluding hydrogens is 235 g/mol. The van der Waals surface area contributed by atoms with Crippen molar-refractivity contribution in [3.05, 3.63) is 23.6 Å². The number of nitrogens with zero attached hydrogens (tertiary/aromatic N) is 2. The number of hydrogen-bond acceptors (Lipinski definition) is 4. The molecule has 100 valence electrons. The molecule has 0 aliphatic carbocycles. The fourth-order valence-corrected chi connectivity index (χ4v) is 2.49. The van der Waals surface area contributed by atoms with E-state index < -0.39 is 5.82 Å². The highest BCUT2D eigenvalue weighted by atomic mass is 19.1. The molecule has 0 spiro atoms. The van der Waals surface area contributed by atoms with Crippen molar-refractivity contribution in [2.75, 3.05) is 24.6 Å². The lowest BCUT2D eigenvalue weighted by Gasteiger charge is -2.33. The Balaban J connectivity index is 2.15. The van der Waals surface area contributed by atoms with Gasteiger partial charge in [0.1, 0.15) is 0 Å². The minimum atomic E-state index is -0.426. The molecule has 1 saturated heterocycles. The topological polar surface area (TPSA) is 56.6 Å². The van der Waals surface area contributed by atoms with E-state index in [1.807, 2.05) is 4.90 Å². The van der Waals surface area contributed by atoms with Gasteiger partial charge >= 0.3 is 0 Å². The van der Waals surface area contributed by atoms with Crippen LogP contribution in [0.25, 0.3) is 0 Å². The lowest BCUT2D eigenvalue weighted by atomic mass is 9.95. The highest BCUT2D eigenvalue weighted by molar-refractivity contribution is 5.43. The second-order valence-corrected chi connectivity index (χ2v) is 4.73. The van der Waals surface area contributed by atoms with Crippen molar-refractivity contribution in [2.45, 2.75) is 25.9 Å². The lowest BCUT2D eigenvalue weighted by molar-refractivity contribution is 0.243. The van der Waals surface area contributed by atoms with Gasteiger partial charge in [0.2, 0.25) is 0 Å². The minimum Gasteiger partial charge on any atom is -0.396 e. The first-order chi connectivity index (χ1) is 8.76. The molecule has 18 heavy (non-hydrogen) atoms. The number of rotatable bonds is 4. The molecule has 1 aromatic rings. The van der Waals surface area contributed by atoms with Gasteiger partial charge in [-0.3, -0.25) is 0 Å². The number of aliphatic hydroxyl groups is 2. The van der Waals surface area contributed by atoms with Crippen LogP contribution in [0.2, 0.25) is 0 Å². The van der Waals surface area contributed by atoms with Crippen molar-refractivity contribution in [1.82, 2.24) is 4.98 Å². The van der Waals surface area contributed by atoms with E-state index in [-0.39, 0.29) is 18.8 Å². The van der Waals surface area contributed by atoms with E-state index in [1.54, 1.807) is 0 Å². The standard InChI is InChI=1S/C13H19FN2O2/c14-12-11(9-18)3-5-15-13(12)16-6-1-2-10(8-16)4-7-17/h3,5,10,17-18H,1-2,4,6-9H2. The zero-order chi connectivity index (χ0) is 13.0. The number of aromatic nitrogens is 1. The molecule has 1 aromatic heterocycles. The molecule has 5 heteroatoms. The molecular formula is C13H19FN2O2. The Morgan fingerprint density at radius 1 is 1.44 bits per heavy atom. The monoisotopic (exact) mass is 254 g/mol. The number of hydrogen-bond donors (Lipinski definition) is 2. The Bertz CT molecular complexity index is 399. The quantitative estimate of drug-likeness (QED) is 0.850. The van der Waals surface area contributed by atoms with Crippen molar-refractivity contribution < 1.29 is 14.6 Å². The molecule has 0 amide bonds. The van der Waals surface area contributed by atoms with E-state index in [9.17, 15) is 4.39 Å². The van der Waals surface area contributed by atoms with Gasteiger partial charge in [-0.25, -0.2) is 9.37 Å². The third-order valence-corrected chi connectivity index (χ3v) is 3.48. The maximum absolute atomic E-state index is 14.1. The molecule has 0 radical (unpaired) electrons. The molecule has 1 aliphatic rings. The van der Waals surface area contributed by atoms with Gasteiger partial charge in [-0.1, -0.05) is 0 Å². The first-order valence-corrected chi connectivity index (χ1v) is 6.36. The van der Waals surface area contributed by atoms with Gasteiger partial charge < -0.3 is 15.1 Å². The second kappa shape index (κ2) is 6.11. The number of aliphatic hydroxyl groups excluding tert-OH is 2. The van der Waals surface area contributed by atoms with E-state index in [0.717, 1.165) is 32.4 Å². The van der Waals surface area contributed by atoms with Gasteiger partial charge in [-0.2, -0.15) is 0 Å². The summed E-state index contributed by atoms with van der Waals surface area (Å²) in [6.07, 6.45) is 4.32. The molecule has 4 nitrogen and oxygen atoms in total. The van der Waals surface area contributed by atoms with Crippen LogP contribution in [0.1, 0.15) is 24.8 Å². The van der Waals surface area contributed by atoms with Gasteiger partial charge in [0.25, 0.3) is 0 Å². The van der Waals surface area contributed by atoms with Gasteiger partial charge in [-0.15, -0.1) is 0 Å². The van der Waals surface area contributed by atoms with Crippen LogP contribution in [0.15, 0.2) is 12.3 Å². The van der Waals surface area contributed by atoms with E-state index in [4.69, 9.17) is 10.2 Å². The van der Waals surface area contributed by atoms with Crippen LogP contribution in [-0.2, 0) is 6.61 Å². The summed E-state index contributed by atoms with van der Waals surface area (Å²) in [6.45, 7) is 1.36. The molecule has 2 N–H and O–H groups in total. The SMILES string of the molecule is OCCC1CCCN(c2nccc(CO)c2F)C1. The van der Waals surface area contributed by atoms with Crippen LogP contribution in [0, 0.1) is 11.7 Å². The first-order valence-electron chi connectivity index (χ1n) is 6.36. The normalized spacial score (nSPS) is 20.2. The molecule has 1 fully saturated rings. The van der Waals surface area contributed by atoms with Crippen LogP contribution in [0.3, 0.4) is 0 Å². The Hall–Kier alpha value is -1.20. The Kier molecular flexibility index (Phi) is 4.49. The third-order valence-electron chi connectivity index (χ3n) is 3.48. The highest BCUT2D eigenvalue weighted by Crippen LogP contribution is 2.26. The van der Waals surface area contributed by atoms with E-state index in [0.29, 0.717) is 11.7 Å². The summed E-state index contributed by atoms with van der Waals surface area (Å²) < 4.78 is 14.1. The van der Waals surface area contributed by atoms with Gasteiger partial charge in [-0.05, 0) is 31.2 Å². The predicted molar refractivity (Wildman–Crippen MR) is 66.8 cm³/mol. The smallest absolute Gasteiger partial charge is 0.171 e. The third kappa shape index (κ3) is 2.79. The molecule has 0 bridgehead atoms. The number of halogens is 1. The van der Waals surface area contributed by atoms with E-state index in [2.05, 4.69) is 4.98 Å². The summed E-state index contributed by atoms with van der Waals surface area (Å²) in [6, 6.07) is 1.49. The van der Waals surface area contributed by atoms with E-state index in [1.165, 1.54) is 12.3 Å². The van der Waals surface area contributed by atoms with Crippen LogP contribution in [-0.4, -0.2) is 34.9 Å². The Morgan fingerprint density at radius 3 is 3.00 bits per heavy atom. The summed E-state index contributed by atoms with van der Waals surface area (Å²) in [5.41, 5.74) is 0.282. The average molecular weight is 254 g/mol. The van der Waals surface area contributed by atoms with Crippen molar-refractivity contribution in [1.29, 1.82) is 0 Å². The molecule has 0 saturated carbocycles. The summed E-state index contributed by atoms with van der Waals surface area (Å²) >= 11 is 0. The lowest BCUT2D eigenvalue weighted by Crippen LogP contribution is -2.37. The van der Waals surface area contributed by atoms with Gasteiger partial charge in [0.15, 0.2) is 11.6 Å². The summed E-state index contributed by atoms with van der Waals surface area (Å²) in [5.74, 6) is 0.288. The zero-order valence-electron chi connectivity index (χ0n) is 10.3. The van der Waals surface area contributed by atoms with Crippen LogP contribution in [0.4, 0.5) is 10.2 Å². The maximum Gasteiger partial charge on any atom is 0.171 e. The number of anilines is 1. The highest BCUT2D eigenvalue weighted by Gasteiger charge is 2.23. The fraction of sp³-hybridized carbons (Fsp3) is 0.615. The summed E-state index contributed by atoms with van der Waals surface area (Å²) in [7, 11) is 0. The predicted octanol–water partition coefficient (Wildman–Crippen LogP) is 1.31. The molecule has 1 atom stereocenters. The van der Waals surface area contributed by atoms with Crippen molar-refractivity contribution in [3.8, 4) is 0 Å². The van der Waals surface area contributed by atoms with Crippen LogP contribution < -0.4 is 4.90 Å². The van der Waals surface area contributed by atoms with Gasteiger partial charge in [0.05, 0.1) is 6.61 Å². The minimum absolute atomic E-state index is 0.172. The van der Waals surface area contributed by atoms with Crippen molar-refractivity contribution in [2.24, 2.45) is 5.92 Å². The molecule has 0 aromatic carbocycles. The molecule has 2 heterocycles. The second-order valence-electron chi connectivity index (χ2n) is 4.73. The van der Waals surface area contributed by atoms with Gasteiger partial charge in [0, 0.05) is 31.5 Å². The first kappa shape index (κ1) is 13.2. The Morgan fingerprint density at radius 2 is 2.28 bits per heavy atom. The van der Waals surface area contributed by atoms with Crippen molar-refractivity contribution >= 4 is 5.82 Å². The maximum atomic E-state index is 14.1. The zero-order valence-corrected chi connectivity index (χ0v) is 10.3. The Labute approximate surface area is 106 Å². The van der Waals surface area contributed by atoms with Crippen LogP contribution >= 0.6 is 0 Å². The number of piperidine rings is 1. The summed E-state index contributed by atoms with van der Waals surface area (Å²) in [5, 5.41) is 18.0. The largest absolute Gasteiger partial charge is 0.396 e. The van der Waals surface area contributed by atoms with Crippen molar-refractivity contribution in [3.63, 3.8) is 0 Å². The average Bonchev–Trinajstić information content (AvgIpc) is 2.40. The molecule has 1 aliphatic heterocycles. The van der Waals surface area contributed by atoms with Crippen LogP contribution in [0.5, 0.6) is 0 Å². The molecule has 2 rings (SSSR count). The molecule has 1 unspecified atom stereocenters. The fourth-order valence-electron chi connectivity index (χ4n) is 2.49. The summed E-state index contributed by atoms with van der Waals surface area (Å²) in [4.78, 5) is 6.00. The van der Waals surface area contributed by atoms with E-state index >= 15 is 0 Å². The number of pyridine rings is 1.